The molecule has 8 nitrogen and oxygen atoms in total. The first-order chi connectivity index (χ1) is 14.1. The topological polar surface area (TPSA) is 109 Å². The molecular weight excluding hydrogens is 402 g/mol. The van der Waals surface area contributed by atoms with Gasteiger partial charge in [-0.1, -0.05) is 24.3 Å². The van der Waals surface area contributed by atoms with Crippen molar-refractivity contribution in [1.29, 1.82) is 0 Å². The second-order valence-corrected chi connectivity index (χ2v) is 9.05. The molecule has 3 aromatic rings. The lowest BCUT2D eigenvalue weighted by molar-refractivity contribution is 0.0786. The van der Waals surface area contributed by atoms with Crippen molar-refractivity contribution in [2.45, 2.75) is 32.4 Å². The van der Waals surface area contributed by atoms with Crippen molar-refractivity contribution in [3.8, 4) is 11.3 Å². The van der Waals surface area contributed by atoms with Crippen molar-refractivity contribution in [1.82, 2.24) is 19.3 Å². The first-order valence-electron chi connectivity index (χ1n) is 9.59. The molecule has 160 valence electrons. The number of pyridine rings is 1. The average Bonchev–Trinajstić information content (AvgIpc) is 2.67. The fourth-order valence-electron chi connectivity index (χ4n) is 3.12. The van der Waals surface area contributed by atoms with Gasteiger partial charge in [0.25, 0.3) is 5.56 Å². The van der Waals surface area contributed by atoms with Crippen LogP contribution in [0.15, 0.2) is 41.5 Å². The molecule has 2 atom stereocenters. The number of aromatic nitrogens is 3. The van der Waals surface area contributed by atoms with Crippen LogP contribution < -0.4 is 15.6 Å². The van der Waals surface area contributed by atoms with Crippen LogP contribution in [0.4, 0.5) is 5.82 Å². The molecule has 0 saturated carbocycles. The fraction of sp³-hybridized carbons (Fsp3) is 0.381. The highest BCUT2D eigenvalue weighted by Crippen LogP contribution is 2.27. The van der Waals surface area contributed by atoms with Crippen LogP contribution in [0.3, 0.4) is 0 Å². The van der Waals surface area contributed by atoms with Crippen molar-refractivity contribution in [3.63, 3.8) is 0 Å². The number of hydrogen-bond donors (Lipinski definition) is 3. The predicted molar refractivity (Wildman–Crippen MR) is 121 cm³/mol. The normalized spacial score (nSPS) is 13.9. The minimum Gasteiger partial charge on any atom is -0.386 e. The third-order valence-electron chi connectivity index (χ3n) is 4.73. The van der Waals surface area contributed by atoms with E-state index in [4.69, 9.17) is 0 Å². The van der Waals surface area contributed by atoms with E-state index in [1.54, 1.807) is 33.2 Å². The zero-order valence-electron chi connectivity index (χ0n) is 17.8. The van der Waals surface area contributed by atoms with Gasteiger partial charge in [0.1, 0.15) is 11.2 Å². The minimum atomic E-state index is -1.14. The van der Waals surface area contributed by atoms with Gasteiger partial charge in [-0.2, -0.15) is 0 Å². The van der Waals surface area contributed by atoms with Crippen molar-refractivity contribution < 1.29 is 9.32 Å². The van der Waals surface area contributed by atoms with E-state index in [9.17, 15) is 14.1 Å². The zero-order valence-corrected chi connectivity index (χ0v) is 18.6. The number of benzene rings is 1. The maximum absolute atomic E-state index is 12.7. The minimum absolute atomic E-state index is 0.0945. The predicted octanol–water partition coefficient (Wildman–Crippen LogP) is 1.91. The molecule has 0 aliphatic heterocycles. The summed E-state index contributed by atoms with van der Waals surface area (Å²) in [5.41, 5.74) is 1.71. The van der Waals surface area contributed by atoms with Crippen LogP contribution in [0.5, 0.6) is 0 Å². The number of aliphatic hydroxyl groups is 1. The SMILES string of the molecule is CC(CNc1nc(-c2ccc(C(C)(C)O)cc2)cc2ncn(C)c(=O)c12)NS(C)=O. The first kappa shape index (κ1) is 22.1. The second-order valence-electron chi connectivity index (χ2n) is 7.90. The molecule has 9 heteroatoms. The standard InChI is InChI=1S/C21H27N5O3S/c1-13(25-30(5)29)11-22-19-18-17(23-12-26(4)20(18)27)10-16(24-19)14-6-8-15(9-7-14)21(2,3)28/h6-10,12-13,25,28H,11H2,1-5H3,(H,22,24). The molecule has 3 rings (SSSR count). The van der Waals surface area contributed by atoms with E-state index in [-0.39, 0.29) is 11.6 Å². The van der Waals surface area contributed by atoms with Gasteiger partial charge in [-0.25, -0.2) is 18.9 Å². The maximum Gasteiger partial charge on any atom is 0.264 e. The van der Waals surface area contributed by atoms with Gasteiger partial charge in [0.05, 0.1) is 34.1 Å². The van der Waals surface area contributed by atoms with Crippen LogP contribution in [-0.2, 0) is 23.6 Å². The fourth-order valence-corrected chi connectivity index (χ4v) is 3.77. The summed E-state index contributed by atoms with van der Waals surface area (Å²) in [4.78, 5) is 21.8. The van der Waals surface area contributed by atoms with E-state index in [0.717, 1.165) is 11.1 Å². The third kappa shape index (κ3) is 4.92. The van der Waals surface area contributed by atoms with Gasteiger partial charge in [0.2, 0.25) is 0 Å². The molecular formula is C21H27N5O3S. The third-order valence-corrected chi connectivity index (χ3v) is 5.47. The number of nitrogens with zero attached hydrogens (tertiary/aromatic N) is 3. The van der Waals surface area contributed by atoms with Gasteiger partial charge in [-0.3, -0.25) is 4.79 Å². The summed E-state index contributed by atoms with van der Waals surface area (Å²) in [6, 6.07) is 9.17. The second kappa shape index (κ2) is 8.63. The van der Waals surface area contributed by atoms with Crippen molar-refractivity contribution in [2.24, 2.45) is 7.05 Å². The molecule has 0 saturated heterocycles. The highest BCUT2D eigenvalue weighted by atomic mass is 32.2. The molecule has 2 heterocycles. The Hall–Kier alpha value is -2.62. The Morgan fingerprint density at radius 1 is 1.27 bits per heavy atom. The average molecular weight is 430 g/mol. The van der Waals surface area contributed by atoms with E-state index in [2.05, 4.69) is 20.0 Å². The summed E-state index contributed by atoms with van der Waals surface area (Å²) in [5.74, 6) is 0.429. The number of hydrogen-bond acceptors (Lipinski definition) is 6. The molecule has 1 aromatic carbocycles. The summed E-state index contributed by atoms with van der Waals surface area (Å²) >= 11 is 0. The van der Waals surface area contributed by atoms with Gasteiger partial charge in [0.15, 0.2) is 0 Å². The molecule has 0 fully saturated rings. The number of anilines is 1. The van der Waals surface area contributed by atoms with E-state index >= 15 is 0 Å². The Morgan fingerprint density at radius 2 is 1.93 bits per heavy atom. The van der Waals surface area contributed by atoms with Gasteiger partial charge >= 0.3 is 0 Å². The van der Waals surface area contributed by atoms with Crippen molar-refractivity contribution >= 4 is 27.7 Å². The Bertz CT molecular complexity index is 1140. The molecule has 0 amide bonds. The molecule has 0 bridgehead atoms. The van der Waals surface area contributed by atoms with Gasteiger partial charge in [-0.05, 0) is 32.4 Å². The largest absolute Gasteiger partial charge is 0.386 e. The number of nitrogens with one attached hydrogen (secondary N) is 2. The smallest absolute Gasteiger partial charge is 0.264 e. The van der Waals surface area contributed by atoms with Crippen molar-refractivity contribution in [2.75, 3.05) is 18.1 Å². The Balaban J connectivity index is 2.05. The molecule has 0 radical (unpaired) electrons. The number of fused-ring (bicyclic) bond motifs is 1. The molecule has 0 aliphatic rings. The van der Waals surface area contributed by atoms with Crippen LogP contribution in [0, 0.1) is 0 Å². The first-order valence-corrected chi connectivity index (χ1v) is 11.1. The summed E-state index contributed by atoms with van der Waals surface area (Å²) < 4.78 is 15.7. The van der Waals surface area contributed by atoms with Crippen LogP contribution in [0.2, 0.25) is 0 Å². The Labute approximate surface area is 178 Å². The van der Waals surface area contributed by atoms with Crippen LogP contribution >= 0.6 is 0 Å². The van der Waals surface area contributed by atoms with Gasteiger partial charge < -0.3 is 15.0 Å². The molecule has 3 N–H and O–H groups in total. The number of rotatable bonds is 7. The lowest BCUT2D eigenvalue weighted by Crippen LogP contribution is -2.34. The van der Waals surface area contributed by atoms with Gasteiger partial charge in [0, 0.05) is 31.5 Å². The lowest BCUT2D eigenvalue weighted by Gasteiger charge is -2.18. The molecule has 2 aromatic heterocycles. The van der Waals surface area contributed by atoms with Gasteiger partial charge in [-0.15, -0.1) is 0 Å². The zero-order chi connectivity index (χ0) is 22.1. The lowest BCUT2D eigenvalue weighted by atomic mass is 9.96. The van der Waals surface area contributed by atoms with Crippen molar-refractivity contribution in [3.05, 3.63) is 52.6 Å². The monoisotopic (exact) mass is 429 g/mol. The summed E-state index contributed by atoms with van der Waals surface area (Å²) in [7, 11) is 0.504. The highest BCUT2D eigenvalue weighted by molar-refractivity contribution is 7.82. The summed E-state index contributed by atoms with van der Waals surface area (Å²) in [6.45, 7) is 5.79. The molecule has 0 aliphatic carbocycles. The van der Waals surface area contributed by atoms with E-state index in [1.807, 2.05) is 31.2 Å². The summed E-state index contributed by atoms with van der Waals surface area (Å²) in [5, 5.41) is 13.8. The molecule has 0 spiro atoms. The molecule has 2 unspecified atom stereocenters. The maximum atomic E-state index is 12.7. The Kier molecular flexibility index (Phi) is 6.35. The molecule has 30 heavy (non-hydrogen) atoms. The number of aryl methyl sites for hydroxylation is 1. The summed E-state index contributed by atoms with van der Waals surface area (Å²) in [6.07, 6.45) is 3.06. The Morgan fingerprint density at radius 3 is 2.53 bits per heavy atom. The van der Waals surface area contributed by atoms with E-state index < -0.39 is 16.6 Å². The van der Waals surface area contributed by atoms with Crippen LogP contribution in [0.1, 0.15) is 26.3 Å². The van der Waals surface area contributed by atoms with Crippen LogP contribution in [-0.4, -0.2) is 42.7 Å². The van der Waals surface area contributed by atoms with Crippen LogP contribution in [0.25, 0.3) is 22.2 Å². The highest BCUT2D eigenvalue weighted by Gasteiger charge is 2.17. The van der Waals surface area contributed by atoms with E-state index in [0.29, 0.717) is 29.0 Å². The quantitative estimate of drug-likeness (QED) is 0.529. The van der Waals surface area contributed by atoms with E-state index in [1.165, 1.54) is 10.9 Å².